The van der Waals surface area contributed by atoms with Crippen LogP contribution in [0.15, 0.2) is 22.7 Å². The molecule has 1 rings (SSSR count). The number of rotatable bonds is 6. The standard InChI is InChI=1S/C12H18BrNOS/c1-9(14)7-10-8-11(13)3-4-12(10)15-5-6-16-2/h3-4,8-9H,5-7,14H2,1-2H3. The molecule has 1 aromatic carbocycles. The first-order valence-electron chi connectivity index (χ1n) is 5.29. The number of hydrogen-bond donors (Lipinski definition) is 1. The van der Waals surface area contributed by atoms with Crippen molar-refractivity contribution in [3.05, 3.63) is 28.2 Å². The number of benzene rings is 1. The molecule has 0 spiro atoms. The van der Waals surface area contributed by atoms with Gasteiger partial charge in [0.2, 0.25) is 0 Å². The first-order chi connectivity index (χ1) is 7.63. The van der Waals surface area contributed by atoms with Gasteiger partial charge in [0.25, 0.3) is 0 Å². The third-order valence-electron chi connectivity index (χ3n) is 2.11. The van der Waals surface area contributed by atoms with E-state index >= 15 is 0 Å². The lowest BCUT2D eigenvalue weighted by Gasteiger charge is -2.13. The summed E-state index contributed by atoms with van der Waals surface area (Å²) >= 11 is 5.25. The summed E-state index contributed by atoms with van der Waals surface area (Å²) < 4.78 is 6.81. The van der Waals surface area contributed by atoms with E-state index in [-0.39, 0.29) is 6.04 Å². The Morgan fingerprint density at radius 1 is 1.50 bits per heavy atom. The van der Waals surface area contributed by atoms with Crippen LogP contribution < -0.4 is 10.5 Å². The van der Waals surface area contributed by atoms with Gasteiger partial charge in [-0.2, -0.15) is 11.8 Å². The Hall–Kier alpha value is -0.190. The van der Waals surface area contributed by atoms with Crippen LogP contribution in [-0.2, 0) is 6.42 Å². The lowest BCUT2D eigenvalue weighted by molar-refractivity contribution is 0.339. The van der Waals surface area contributed by atoms with E-state index in [1.807, 2.05) is 19.1 Å². The van der Waals surface area contributed by atoms with E-state index in [0.717, 1.165) is 29.0 Å². The van der Waals surface area contributed by atoms with Gasteiger partial charge >= 0.3 is 0 Å². The molecule has 0 saturated carbocycles. The number of halogens is 1. The lowest BCUT2D eigenvalue weighted by atomic mass is 10.1. The highest BCUT2D eigenvalue weighted by Crippen LogP contribution is 2.24. The molecular formula is C12H18BrNOS. The maximum absolute atomic E-state index is 5.82. The second-order valence-electron chi connectivity index (χ2n) is 3.77. The van der Waals surface area contributed by atoms with E-state index in [9.17, 15) is 0 Å². The molecule has 0 bridgehead atoms. The van der Waals surface area contributed by atoms with Crippen molar-refractivity contribution >= 4 is 27.7 Å². The van der Waals surface area contributed by atoms with Crippen LogP contribution in [-0.4, -0.2) is 24.7 Å². The molecule has 90 valence electrons. The molecule has 0 aliphatic heterocycles. The first kappa shape index (κ1) is 13.9. The Kier molecular flexibility index (Phi) is 6.24. The van der Waals surface area contributed by atoms with E-state index < -0.39 is 0 Å². The molecule has 0 fully saturated rings. The third kappa shape index (κ3) is 4.76. The Balaban J connectivity index is 2.72. The van der Waals surface area contributed by atoms with Gasteiger partial charge in [0.1, 0.15) is 5.75 Å². The van der Waals surface area contributed by atoms with Crippen molar-refractivity contribution in [1.29, 1.82) is 0 Å². The van der Waals surface area contributed by atoms with Crippen molar-refractivity contribution in [2.24, 2.45) is 5.73 Å². The zero-order valence-electron chi connectivity index (χ0n) is 9.70. The van der Waals surface area contributed by atoms with Gasteiger partial charge in [-0.05, 0) is 43.4 Å². The summed E-state index contributed by atoms with van der Waals surface area (Å²) in [6.07, 6.45) is 2.92. The average molecular weight is 304 g/mol. The van der Waals surface area contributed by atoms with Gasteiger partial charge in [0.15, 0.2) is 0 Å². The summed E-state index contributed by atoms with van der Waals surface area (Å²) in [4.78, 5) is 0. The molecular weight excluding hydrogens is 286 g/mol. The smallest absolute Gasteiger partial charge is 0.122 e. The summed E-state index contributed by atoms with van der Waals surface area (Å²) in [5.74, 6) is 1.96. The number of nitrogens with two attached hydrogens (primary N) is 1. The summed E-state index contributed by atoms with van der Waals surface area (Å²) in [6, 6.07) is 6.23. The molecule has 0 saturated heterocycles. The van der Waals surface area contributed by atoms with Crippen molar-refractivity contribution < 1.29 is 4.74 Å². The van der Waals surface area contributed by atoms with Crippen molar-refractivity contribution in [3.8, 4) is 5.75 Å². The zero-order valence-corrected chi connectivity index (χ0v) is 12.1. The maximum atomic E-state index is 5.82. The van der Waals surface area contributed by atoms with E-state index in [2.05, 4.69) is 28.3 Å². The van der Waals surface area contributed by atoms with Gasteiger partial charge in [-0.25, -0.2) is 0 Å². The minimum absolute atomic E-state index is 0.150. The van der Waals surface area contributed by atoms with Gasteiger partial charge in [-0.1, -0.05) is 15.9 Å². The quantitative estimate of drug-likeness (QED) is 0.820. The van der Waals surface area contributed by atoms with Gasteiger partial charge in [0.05, 0.1) is 6.61 Å². The van der Waals surface area contributed by atoms with Gasteiger partial charge in [0, 0.05) is 16.3 Å². The highest BCUT2D eigenvalue weighted by atomic mass is 79.9. The molecule has 0 aliphatic rings. The molecule has 0 radical (unpaired) electrons. The van der Waals surface area contributed by atoms with Crippen LogP contribution >= 0.6 is 27.7 Å². The number of thioether (sulfide) groups is 1. The van der Waals surface area contributed by atoms with Gasteiger partial charge in [-0.15, -0.1) is 0 Å². The molecule has 1 unspecified atom stereocenters. The molecule has 0 amide bonds. The molecule has 0 aromatic heterocycles. The molecule has 0 heterocycles. The molecule has 4 heteroatoms. The SMILES string of the molecule is CSCCOc1ccc(Br)cc1CC(C)N. The topological polar surface area (TPSA) is 35.2 Å². The van der Waals surface area contributed by atoms with Crippen LogP contribution in [0.3, 0.4) is 0 Å². The largest absolute Gasteiger partial charge is 0.492 e. The normalized spacial score (nSPS) is 12.5. The second-order valence-corrected chi connectivity index (χ2v) is 5.68. The van der Waals surface area contributed by atoms with E-state index in [4.69, 9.17) is 10.5 Å². The highest BCUT2D eigenvalue weighted by Gasteiger charge is 2.06. The molecule has 1 atom stereocenters. The molecule has 16 heavy (non-hydrogen) atoms. The third-order valence-corrected chi connectivity index (χ3v) is 3.18. The lowest BCUT2D eigenvalue weighted by Crippen LogP contribution is -2.18. The Bertz CT molecular complexity index is 331. The van der Waals surface area contributed by atoms with Crippen molar-refractivity contribution in [3.63, 3.8) is 0 Å². The van der Waals surface area contributed by atoms with Gasteiger partial charge < -0.3 is 10.5 Å². The van der Waals surface area contributed by atoms with Gasteiger partial charge in [-0.3, -0.25) is 0 Å². The predicted octanol–water partition coefficient (Wildman–Crippen LogP) is 3.08. The van der Waals surface area contributed by atoms with Crippen molar-refractivity contribution in [2.75, 3.05) is 18.6 Å². The summed E-state index contributed by atoms with van der Waals surface area (Å²) in [7, 11) is 0. The van der Waals surface area contributed by atoms with Crippen LogP contribution in [0.5, 0.6) is 5.75 Å². The predicted molar refractivity (Wildman–Crippen MR) is 75.4 cm³/mol. The number of ether oxygens (including phenoxy) is 1. The fourth-order valence-corrected chi connectivity index (χ4v) is 2.09. The van der Waals surface area contributed by atoms with Crippen LogP contribution in [0, 0.1) is 0 Å². The zero-order chi connectivity index (χ0) is 12.0. The van der Waals surface area contributed by atoms with Crippen molar-refractivity contribution in [1.82, 2.24) is 0 Å². The Morgan fingerprint density at radius 3 is 2.88 bits per heavy atom. The van der Waals surface area contributed by atoms with Crippen molar-refractivity contribution in [2.45, 2.75) is 19.4 Å². The van der Waals surface area contributed by atoms with E-state index in [0.29, 0.717) is 0 Å². The fraction of sp³-hybridized carbons (Fsp3) is 0.500. The summed E-state index contributed by atoms with van der Waals surface area (Å²) in [5.41, 5.74) is 6.99. The molecule has 2 nitrogen and oxygen atoms in total. The van der Waals surface area contributed by atoms with Crippen LogP contribution in [0.1, 0.15) is 12.5 Å². The number of hydrogen-bond acceptors (Lipinski definition) is 3. The minimum Gasteiger partial charge on any atom is -0.492 e. The van der Waals surface area contributed by atoms with Crippen LogP contribution in [0.4, 0.5) is 0 Å². The molecule has 2 N–H and O–H groups in total. The molecule has 1 aromatic rings. The van der Waals surface area contributed by atoms with Crippen LogP contribution in [0.2, 0.25) is 0 Å². The second kappa shape index (κ2) is 7.20. The van der Waals surface area contributed by atoms with E-state index in [1.54, 1.807) is 11.8 Å². The Labute approximate surface area is 110 Å². The van der Waals surface area contributed by atoms with E-state index in [1.165, 1.54) is 5.56 Å². The average Bonchev–Trinajstić information content (AvgIpc) is 2.20. The molecule has 0 aliphatic carbocycles. The summed E-state index contributed by atoms with van der Waals surface area (Å²) in [5, 5.41) is 0. The first-order valence-corrected chi connectivity index (χ1v) is 7.48. The fourth-order valence-electron chi connectivity index (χ4n) is 1.43. The Morgan fingerprint density at radius 2 is 2.25 bits per heavy atom. The summed E-state index contributed by atoms with van der Waals surface area (Å²) in [6.45, 7) is 2.75. The monoisotopic (exact) mass is 303 g/mol. The minimum atomic E-state index is 0.150. The maximum Gasteiger partial charge on any atom is 0.122 e. The van der Waals surface area contributed by atoms with Crippen LogP contribution in [0.25, 0.3) is 0 Å². The highest BCUT2D eigenvalue weighted by molar-refractivity contribution is 9.10.